The van der Waals surface area contributed by atoms with E-state index in [1.807, 2.05) is 20.8 Å². The van der Waals surface area contributed by atoms with Crippen molar-refractivity contribution in [3.63, 3.8) is 0 Å². The van der Waals surface area contributed by atoms with Gasteiger partial charge in [-0.15, -0.1) is 0 Å². The molecule has 1 aromatic carbocycles. The minimum Gasteiger partial charge on any atom is -0.379 e. The van der Waals surface area contributed by atoms with Crippen LogP contribution in [0.4, 0.5) is 13.2 Å². The Balaban J connectivity index is 1.68. The van der Waals surface area contributed by atoms with Crippen molar-refractivity contribution in [2.75, 3.05) is 60.5 Å². The van der Waals surface area contributed by atoms with Gasteiger partial charge in [0.1, 0.15) is 41.7 Å². The van der Waals surface area contributed by atoms with E-state index in [4.69, 9.17) is 27.9 Å². The number of likely N-dealkylation sites (N-methyl/N-ethyl adjacent to an activating group) is 3. The van der Waals surface area contributed by atoms with Gasteiger partial charge in [0.2, 0.25) is 41.4 Å². The molecule has 6 atom stereocenters. The molecule has 3 fully saturated rings. The molecule has 3 aliphatic rings. The molecule has 0 aromatic heterocycles. The fraction of sp³-hybridized carbons (Fsp3) is 0.729. The lowest BCUT2D eigenvalue weighted by molar-refractivity contribution is -0.193. The number of benzene rings is 1. The molecule has 0 radical (unpaired) electrons. The molecule has 1 aliphatic carbocycles. The maximum Gasteiger partial charge on any atom is 0.403 e. The highest BCUT2D eigenvalue weighted by Crippen LogP contribution is 2.57. The lowest BCUT2D eigenvalue weighted by Crippen LogP contribution is -2.60. The van der Waals surface area contributed by atoms with E-state index in [2.05, 4.69) is 26.2 Å². The molecule has 2 aliphatic heterocycles. The van der Waals surface area contributed by atoms with Crippen LogP contribution in [-0.2, 0) is 44.7 Å². The molecule has 0 spiro atoms. The molecule has 21 heteroatoms. The van der Waals surface area contributed by atoms with Crippen LogP contribution in [0.5, 0.6) is 0 Å². The molecule has 2 heterocycles. The predicted molar refractivity (Wildman–Crippen MR) is 256 cm³/mol. The second-order valence-electron chi connectivity index (χ2n) is 19.2. The Morgan fingerprint density at radius 3 is 2.19 bits per heavy atom. The molecule has 2 saturated heterocycles. The summed E-state index contributed by atoms with van der Waals surface area (Å²) in [6, 6.07) is -2.37. The number of rotatable bonds is 18. The Bertz CT molecular complexity index is 1950. The van der Waals surface area contributed by atoms with E-state index in [9.17, 15) is 46.7 Å². The fourth-order valence-electron chi connectivity index (χ4n) is 8.90. The summed E-state index contributed by atoms with van der Waals surface area (Å²) in [6.45, 7) is 10.7. The second-order valence-corrected chi connectivity index (χ2v) is 20.0. The minimum absolute atomic E-state index is 0.0607. The van der Waals surface area contributed by atoms with E-state index < -0.39 is 96.1 Å². The summed E-state index contributed by atoms with van der Waals surface area (Å²) in [5, 5.41) is 11.4. The summed E-state index contributed by atoms with van der Waals surface area (Å²) in [5.74, 6) is -5.17. The molecule has 0 unspecified atom stereocenters. The number of morpholine rings is 1. The van der Waals surface area contributed by atoms with Crippen LogP contribution in [0.3, 0.4) is 0 Å². The number of nitrogens with zero attached hydrogens (tertiary/aromatic N) is 4. The highest BCUT2D eigenvalue weighted by atomic mass is 35.5. The number of unbranched alkanes of at least 4 members (excludes halogenated alkanes) is 1. The summed E-state index contributed by atoms with van der Waals surface area (Å²) >= 11 is 12.9. The number of amides is 7. The third kappa shape index (κ3) is 15.9. The Labute approximate surface area is 414 Å². The van der Waals surface area contributed by atoms with Crippen molar-refractivity contribution in [3.05, 3.63) is 33.8 Å². The number of carbonyl (C=O) groups excluding carboxylic acids is 7. The molecule has 1 aromatic rings. The van der Waals surface area contributed by atoms with Crippen LogP contribution in [0.2, 0.25) is 10.0 Å². The summed E-state index contributed by atoms with van der Waals surface area (Å²) in [5.41, 5.74) is -2.09. The highest BCUT2D eigenvalue weighted by molar-refractivity contribution is 6.33. The van der Waals surface area contributed by atoms with Crippen LogP contribution in [0.15, 0.2) is 18.2 Å². The van der Waals surface area contributed by atoms with Gasteiger partial charge in [0.15, 0.2) is 0 Å². The third-order valence-electron chi connectivity index (χ3n) is 13.5. The van der Waals surface area contributed by atoms with Crippen molar-refractivity contribution >= 4 is 64.6 Å². The quantitative estimate of drug-likeness (QED) is 0.149. The summed E-state index contributed by atoms with van der Waals surface area (Å²) in [4.78, 5) is 105. The molecule has 1 saturated carbocycles. The first-order valence-corrected chi connectivity index (χ1v) is 25.1. The summed E-state index contributed by atoms with van der Waals surface area (Å²) in [6.07, 6.45) is -2.67. The van der Waals surface area contributed by atoms with Crippen molar-refractivity contribution in [3.8, 4) is 0 Å². The van der Waals surface area contributed by atoms with Gasteiger partial charge in [-0.05, 0) is 107 Å². The smallest absolute Gasteiger partial charge is 0.379 e. The van der Waals surface area contributed by atoms with Gasteiger partial charge in [-0.25, -0.2) is 0 Å². The van der Waals surface area contributed by atoms with E-state index >= 15 is 0 Å². The van der Waals surface area contributed by atoms with Crippen molar-refractivity contribution in [1.29, 1.82) is 0 Å². The first-order valence-electron chi connectivity index (χ1n) is 24.4. The van der Waals surface area contributed by atoms with Crippen molar-refractivity contribution in [1.82, 2.24) is 40.9 Å². The third-order valence-corrected chi connectivity index (χ3v) is 14.1. The lowest BCUT2D eigenvalue weighted by atomic mass is 9.98. The minimum atomic E-state index is -4.79. The van der Waals surface area contributed by atoms with E-state index in [0.29, 0.717) is 73.9 Å². The van der Waals surface area contributed by atoms with Gasteiger partial charge >= 0.3 is 6.18 Å². The van der Waals surface area contributed by atoms with Gasteiger partial charge in [0.25, 0.3) is 0 Å². The van der Waals surface area contributed by atoms with Gasteiger partial charge in [0.05, 0.1) is 13.2 Å². The first-order chi connectivity index (χ1) is 32.5. The Morgan fingerprint density at radius 1 is 0.913 bits per heavy atom. The van der Waals surface area contributed by atoms with Gasteiger partial charge in [-0.2, -0.15) is 13.2 Å². The molecule has 388 valence electrons. The largest absolute Gasteiger partial charge is 0.403 e. The maximum atomic E-state index is 14.8. The molecule has 0 bridgehead atoms. The van der Waals surface area contributed by atoms with Gasteiger partial charge in [-0.1, -0.05) is 57.3 Å². The number of alkyl halides is 3. The number of hydrogen-bond acceptors (Lipinski definition) is 9. The van der Waals surface area contributed by atoms with Gasteiger partial charge in [-0.3, -0.25) is 38.5 Å². The normalized spacial score (nSPS) is 23.2. The monoisotopic (exact) mass is 1020 g/mol. The zero-order valence-corrected chi connectivity index (χ0v) is 42.7. The SMILES string of the molecule is CCC[C@H]1NC(=O)[C@H](Cc2cc(Cl)ccc2Cl)N(C)C(=O)[C@H](CC(C)C)NC(=O)[C@@H](N(C)C(=O)[C@H](CCCCN2CCOCC2)NC(=O)[C@H](CC)NC(=O)C2(C(F)(F)F)CC2)CCCCN(C)C1=O. The molecular formula is C48H73Cl2F3N8O8. The summed E-state index contributed by atoms with van der Waals surface area (Å²) in [7, 11) is 4.47. The zero-order chi connectivity index (χ0) is 51.2. The van der Waals surface area contributed by atoms with Crippen LogP contribution in [0.1, 0.15) is 110 Å². The topological polar surface area (TPSA) is 190 Å². The molecule has 69 heavy (non-hydrogen) atoms. The lowest BCUT2D eigenvalue weighted by Gasteiger charge is -2.35. The van der Waals surface area contributed by atoms with E-state index in [0.717, 1.165) is 13.1 Å². The van der Waals surface area contributed by atoms with E-state index in [1.54, 1.807) is 25.2 Å². The number of nitrogens with one attached hydrogen (secondary N) is 4. The van der Waals surface area contributed by atoms with Crippen LogP contribution in [0, 0.1) is 11.3 Å². The standard InChI is InChI=1S/C48H73Cl2F3N8O8/c1-8-14-35-43(65)58(5)21-12-11-16-38(41(63)56-37(27-30(3)4)45(67)60(7)39(42(64)55-35)29-31-28-32(49)17-18-33(31)50)59(6)44(66)36(15-10-13-22-61-23-25-69-26-24-61)54-40(62)34(9-2)57-46(68)47(19-20-47)48(51,52)53/h17-18,28,30,34-39H,8-16,19-27,29H2,1-7H3,(H,54,62)(H,55,64)(H,56,63)(H,57,68)/t34-,35+,36-,37-,38-,39-/m0/s1. The predicted octanol–water partition coefficient (Wildman–Crippen LogP) is 4.87. The van der Waals surface area contributed by atoms with Crippen LogP contribution >= 0.6 is 23.2 Å². The van der Waals surface area contributed by atoms with Crippen molar-refractivity contribution in [2.24, 2.45) is 11.3 Å². The maximum absolute atomic E-state index is 14.8. The molecular weight excluding hydrogens is 944 g/mol. The molecule has 7 amide bonds. The van der Waals surface area contributed by atoms with Gasteiger partial charge < -0.3 is 40.7 Å². The Morgan fingerprint density at radius 2 is 1.58 bits per heavy atom. The highest BCUT2D eigenvalue weighted by Gasteiger charge is 2.68. The number of ether oxygens (including phenoxy) is 1. The van der Waals surface area contributed by atoms with Crippen LogP contribution in [0.25, 0.3) is 0 Å². The fourth-order valence-corrected chi connectivity index (χ4v) is 9.29. The molecule has 4 rings (SSSR count). The average molecular weight is 1020 g/mol. The van der Waals surface area contributed by atoms with Gasteiger partial charge in [0, 0.05) is 57.2 Å². The van der Waals surface area contributed by atoms with Crippen molar-refractivity contribution in [2.45, 2.75) is 154 Å². The Hall–Kier alpha value is -4.20. The number of halogens is 5. The summed E-state index contributed by atoms with van der Waals surface area (Å²) < 4.78 is 47.1. The average Bonchev–Trinajstić information content (AvgIpc) is 4.13. The first kappa shape index (κ1) is 57.4. The van der Waals surface area contributed by atoms with E-state index in [1.165, 1.54) is 35.7 Å². The zero-order valence-electron chi connectivity index (χ0n) is 41.2. The van der Waals surface area contributed by atoms with E-state index in [-0.39, 0.29) is 50.5 Å². The second kappa shape index (κ2) is 26.3. The van der Waals surface area contributed by atoms with Crippen LogP contribution in [-0.4, -0.2) is 164 Å². The van der Waals surface area contributed by atoms with Crippen LogP contribution < -0.4 is 21.3 Å². The number of hydrogen-bond donors (Lipinski definition) is 4. The molecule has 16 nitrogen and oxygen atoms in total. The Kier molecular flexibility index (Phi) is 21.9. The molecule has 4 N–H and O–H groups in total. The van der Waals surface area contributed by atoms with Crippen molar-refractivity contribution < 1.29 is 51.5 Å². The number of carbonyl (C=O) groups is 7.